The van der Waals surface area contributed by atoms with Gasteiger partial charge in [0.05, 0.1) is 39.1 Å². The molecule has 0 aliphatic carbocycles. The average molecular weight is 654 g/mol. The number of piperidine rings is 1. The van der Waals surface area contributed by atoms with Gasteiger partial charge in [0.1, 0.15) is 18.3 Å². The second-order valence-electron chi connectivity index (χ2n) is 12.6. The lowest BCUT2D eigenvalue weighted by Gasteiger charge is -2.53. The van der Waals surface area contributed by atoms with Crippen molar-refractivity contribution < 1.29 is 18.9 Å². The van der Waals surface area contributed by atoms with Crippen molar-refractivity contribution in [2.45, 2.75) is 69.8 Å². The van der Waals surface area contributed by atoms with Gasteiger partial charge in [-0.3, -0.25) is 4.90 Å². The van der Waals surface area contributed by atoms with Crippen LogP contribution in [0.3, 0.4) is 0 Å². The molecule has 1 saturated heterocycles. The fourth-order valence-electron chi connectivity index (χ4n) is 6.68. The smallest absolute Gasteiger partial charge is 0.113 e. The fraction of sp³-hybridized carbons (Fsp3) is 0.273. The van der Waals surface area contributed by atoms with Gasteiger partial charge < -0.3 is 18.9 Å². The van der Waals surface area contributed by atoms with Crippen LogP contribution in [0.1, 0.15) is 34.2 Å². The summed E-state index contributed by atoms with van der Waals surface area (Å²) in [6.45, 7) is 7.24. The average Bonchev–Trinajstić information content (AvgIpc) is 3.16. The van der Waals surface area contributed by atoms with Crippen LogP contribution >= 0.6 is 0 Å². The molecule has 1 heterocycles. The lowest BCUT2D eigenvalue weighted by atomic mass is 9.85. The minimum atomic E-state index is -0.380. The SMILES string of the molecule is C=CCC1[C@H](OCc2ccccc2)[C@@H](OCc2ccccc2)[C@H](OCc2ccccc2)[C@@H](COCc2ccccc2)N1Cc1ccccc1. The Balaban J connectivity index is 1.39. The molecule has 0 spiro atoms. The first kappa shape index (κ1) is 34.5. The van der Waals surface area contributed by atoms with E-state index in [4.69, 9.17) is 18.9 Å². The first-order valence-corrected chi connectivity index (χ1v) is 17.3. The Morgan fingerprint density at radius 2 is 0.816 bits per heavy atom. The van der Waals surface area contributed by atoms with E-state index < -0.39 is 0 Å². The molecule has 5 heteroatoms. The van der Waals surface area contributed by atoms with Gasteiger partial charge in [0, 0.05) is 12.6 Å². The summed E-state index contributed by atoms with van der Waals surface area (Å²) in [6.07, 6.45) is 1.68. The van der Waals surface area contributed by atoms with Crippen LogP contribution in [0.4, 0.5) is 0 Å². The molecule has 0 saturated carbocycles. The molecule has 5 atom stereocenters. The third kappa shape index (κ3) is 9.85. The van der Waals surface area contributed by atoms with Crippen LogP contribution in [-0.4, -0.2) is 41.9 Å². The molecule has 0 radical (unpaired) electrons. The van der Waals surface area contributed by atoms with Crippen molar-refractivity contribution in [2.75, 3.05) is 6.61 Å². The maximum atomic E-state index is 7.01. The van der Waals surface area contributed by atoms with Crippen LogP contribution in [-0.2, 0) is 51.9 Å². The van der Waals surface area contributed by atoms with Gasteiger partial charge >= 0.3 is 0 Å². The minimum absolute atomic E-state index is 0.0379. The van der Waals surface area contributed by atoms with E-state index in [0.29, 0.717) is 39.6 Å². The first-order valence-electron chi connectivity index (χ1n) is 17.3. The summed E-state index contributed by atoms with van der Waals surface area (Å²) >= 11 is 0. The zero-order chi connectivity index (χ0) is 33.5. The summed E-state index contributed by atoms with van der Waals surface area (Å²) in [5.41, 5.74) is 5.69. The Bertz CT molecular complexity index is 1630. The van der Waals surface area contributed by atoms with Crippen LogP contribution in [0.25, 0.3) is 0 Å². The Kier molecular flexibility index (Phi) is 13.0. The highest BCUT2D eigenvalue weighted by Gasteiger charge is 2.51. The van der Waals surface area contributed by atoms with E-state index >= 15 is 0 Å². The number of nitrogens with zero attached hydrogens (tertiary/aromatic N) is 1. The van der Waals surface area contributed by atoms with Crippen molar-refractivity contribution in [1.29, 1.82) is 0 Å². The summed E-state index contributed by atoms with van der Waals surface area (Å²) < 4.78 is 27.5. The number of ether oxygens (including phenoxy) is 4. The zero-order valence-electron chi connectivity index (χ0n) is 28.1. The van der Waals surface area contributed by atoms with Gasteiger partial charge in [-0.1, -0.05) is 158 Å². The summed E-state index contributed by atoms with van der Waals surface area (Å²) in [6, 6.07) is 51.8. The Morgan fingerprint density at radius 1 is 0.449 bits per heavy atom. The monoisotopic (exact) mass is 653 g/mol. The molecule has 1 aliphatic rings. The second-order valence-corrected chi connectivity index (χ2v) is 12.6. The lowest BCUT2D eigenvalue weighted by Crippen LogP contribution is -2.68. The zero-order valence-corrected chi connectivity index (χ0v) is 28.1. The third-order valence-electron chi connectivity index (χ3n) is 9.13. The molecule has 49 heavy (non-hydrogen) atoms. The topological polar surface area (TPSA) is 40.2 Å². The third-order valence-corrected chi connectivity index (χ3v) is 9.13. The first-order chi connectivity index (χ1) is 24.3. The highest BCUT2D eigenvalue weighted by Crippen LogP contribution is 2.36. The van der Waals surface area contributed by atoms with Gasteiger partial charge in [0.2, 0.25) is 0 Å². The van der Waals surface area contributed by atoms with Crippen molar-refractivity contribution in [3.8, 4) is 0 Å². The van der Waals surface area contributed by atoms with E-state index in [1.54, 1.807) is 0 Å². The lowest BCUT2D eigenvalue weighted by molar-refractivity contribution is -0.230. The summed E-state index contributed by atoms with van der Waals surface area (Å²) in [4.78, 5) is 2.52. The molecule has 1 unspecified atom stereocenters. The van der Waals surface area contributed by atoms with E-state index in [1.807, 2.05) is 30.3 Å². The summed E-state index contributed by atoms with van der Waals surface area (Å²) in [7, 11) is 0. The van der Waals surface area contributed by atoms with E-state index in [-0.39, 0.29) is 30.4 Å². The molecule has 5 aromatic carbocycles. The van der Waals surface area contributed by atoms with Crippen molar-refractivity contribution in [1.82, 2.24) is 4.90 Å². The van der Waals surface area contributed by atoms with Crippen molar-refractivity contribution in [2.24, 2.45) is 0 Å². The largest absolute Gasteiger partial charge is 0.375 e. The van der Waals surface area contributed by atoms with Crippen LogP contribution in [0.5, 0.6) is 0 Å². The molecular formula is C44H47NO4. The predicted molar refractivity (Wildman–Crippen MR) is 196 cm³/mol. The van der Waals surface area contributed by atoms with Gasteiger partial charge in [-0.25, -0.2) is 0 Å². The van der Waals surface area contributed by atoms with Gasteiger partial charge in [0.25, 0.3) is 0 Å². The van der Waals surface area contributed by atoms with Crippen LogP contribution < -0.4 is 0 Å². The Morgan fingerprint density at radius 3 is 1.24 bits per heavy atom. The summed E-state index contributed by atoms with van der Waals surface area (Å²) in [5.74, 6) is 0. The highest BCUT2D eigenvalue weighted by atomic mass is 16.6. The normalized spacial score (nSPS) is 20.9. The van der Waals surface area contributed by atoms with Crippen LogP contribution in [0.2, 0.25) is 0 Å². The van der Waals surface area contributed by atoms with Crippen LogP contribution in [0, 0.1) is 0 Å². The van der Waals surface area contributed by atoms with Crippen molar-refractivity contribution in [3.63, 3.8) is 0 Å². The number of benzene rings is 5. The van der Waals surface area contributed by atoms with E-state index in [9.17, 15) is 0 Å². The Labute approximate surface area is 291 Å². The van der Waals surface area contributed by atoms with Gasteiger partial charge in [-0.05, 0) is 34.2 Å². The minimum Gasteiger partial charge on any atom is -0.375 e. The molecule has 1 fully saturated rings. The second kappa shape index (κ2) is 18.4. The Hall–Kier alpha value is -4.36. The molecule has 5 nitrogen and oxygen atoms in total. The van der Waals surface area contributed by atoms with E-state index in [0.717, 1.165) is 28.7 Å². The van der Waals surface area contributed by atoms with E-state index in [1.165, 1.54) is 5.56 Å². The molecule has 0 bridgehead atoms. The molecular weight excluding hydrogens is 606 g/mol. The number of hydrogen-bond donors (Lipinski definition) is 0. The molecule has 6 rings (SSSR count). The fourth-order valence-corrected chi connectivity index (χ4v) is 6.68. The quantitative estimate of drug-likeness (QED) is 0.0939. The maximum absolute atomic E-state index is 7.01. The predicted octanol–water partition coefficient (Wildman–Crippen LogP) is 8.79. The molecule has 0 N–H and O–H groups in total. The van der Waals surface area contributed by atoms with E-state index in [2.05, 4.69) is 139 Å². The number of hydrogen-bond acceptors (Lipinski definition) is 5. The number of rotatable bonds is 17. The maximum Gasteiger partial charge on any atom is 0.113 e. The summed E-state index contributed by atoms with van der Waals surface area (Å²) in [5, 5.41) is 0. The molecule has 1 aliphatic heterocycles. The molecule has 0 amide bonds. The van der Waals surface area contributed by atoms with Crippen molar-refractivity contribution >= 4 is 0 Å². The number of likely N-dealkylation sites (tertiary alicyclic amines) is 1. The van der Waals surface area contributed by atoms with Gasteiger partial charge in [0.15, 0.2) is 0 Å². The molecule has 0 aromatic heterocycles. The van der Waals surface area contributed by atoms with Crippen molar-refractivity contribution in [3.05, 3.63) is 192 Å². The molecule has 5 aromatic rings. The van der Waals surface area contributed by atoms with Gasteiger partial charge in [-0.15, -0.1) is 6.58 Å². The van der Waals surface area contributed by atoms with Crippen LogP contribution in [0.15, 0.2) is 164 Å². The standard InChI is InChI=1S/C44H47NO4/c1-2-18-40-42(47-31-37-23-12-5-13-24-37)44(49-33-39-27-16-7-17-28-39)43(48-32-38-25-14-6-15-26-38)41(34-46-30-36-21-10-4-11-22-36)45(40)29-35-19-8-3-9-20-35/h2-17,19-28,40-44H,1,18,29-34H2/t40?,41-,42+,43-,44-/m1/s1. The highest BCUT2D eigenvalue weighted by molar-refractivity contribution is 5.19. The molecule has 252 valence electrons. The van der Waals surface area contributed by atoms with Gasteiger partial charge in [-0.2, -0.15) is 0 Å².